The molecule has 0 saturated carbocycles. The largest absolute Gasteiger partial charge is 0.388 e. The smallest absolute Gasteiger partial charge is 0.157 e. The maximum atomic E-state index is 5.02. The maximum Gasteiger partial charge on any atom is 0.157 e. The first kappa shape index (κ1) is 6.16. The van der Waals surface area contributed by atoms with Crippen molar-refractivity contribution in [3.63, 3.8) is 0 Å². The maximum absolute atomic E-state index is 5.02. The van der Waals surface area contributed by atoms with Crippen molar-refractivity contribution in [3.05, 3.63) is 22.7 Å². The second-order valence-electron chi connectivity index (χ2n) is 2.31. The van der Waals surface area contributed by atoms with Gasteiger partial charge in [0.15, 0.2) is 6.10 Å². The molecule has 52 valence electrons. The number of nitrogens with zero attached hydrogens (tertiary/aromatic N) is 1. The fourth-order valence-corrected chi connectivity index (χ4v) is 1.52. The van der Waals surface area contributed by atoms with Crippen LogP contribution in [0.25, 0.3) is 0 Å². The summed E-state index contributed by atoms with van der Waals surface area (Å²) in [6.45, 7) is 0. The molecule has 2 unspecified atom stereocenters. The van der Waals surface area contributed by atoms with Crippen molar-refractivity contribution < 1.29 is 4.84 Å². The molecule has 0 aromatic rings. The van der Waals surface area contributed by atoms with Crippen LogP contribution in [-0.4, -0.2) is 12.3 Å². The number of halogens is 1. The Morgan fingerprint density at radius 1 is 1.60 bits per heavy atom. The van der Waals surface area contributed by atoms with Gasteiger partial charge in [-0.25, -0.2) is 0 Å². The van der Waals surface area contributed by atoms with Crippen LogP contribution >= 0.6 is 15.9 Å². The molecule has 0 aromatic carbocycles. The molecule has 0 aromatic heterocycles. The lowest BCUT2D eigenvalue weighted by molar-refractivity contribution is 0.105. The van der Waals surface area contributed by atoms with E-state index in [2.05, 4.69) is 27.2 Å². The number of hydrogen-bond donors (Lipinski definition) is 0. The van der Waals surface area contributed by atoms with E-state index in [0.29, 0.717) is 5.92 Å². The van der Waals surface area contributed by atoms with Crippen molar-refractivity contribution in [2.45, 2.75) is 6.10 Å². The van der Waals surface area contributed by atoms with Crippen LogP contribution in [-0.2, 0) is 4.84 Å². The highest BCUT2D eigenvalue weighted by Gasteiger charge is 2.24. The van der Waals surface area contributed by atoms with Crippen molar-refractivity contribution >= 4 is 22.1 Å². The Labute approximate surface area is 67.4 Å². The van der Waals surface area contributed by atoms with Gasteiger partial charge in [-0.2, -0.15) is 0 Å². The molecule has 0 radical (unpaired) electrons. The summed E-state index contributed by atoms with van der Waals surface area (Å²) in [5.41, 5.74) is 0. The van der Waals surface area contributed by atoms with E-state index in [4.69, 9.17) is 4.84 Å². The van der Waals surface area contributed by atoms with Gasteiger partial charge in [-0.3, -0.25) is 0 Å². The third kappa shape index (κ3) is 0.904. The minimum atomic E-state index is 0.140. The summed E-state index contributed by atoms with van der Waals surface area (Å²) in [4.78, 5) is 5.02. The van der Waals surface area contributed by atoms with Crippen LogP contribution in [0.1, 0.15) is 0 Å². The normalized spacial score (nSPS) is 35.1. The van der Waals surface area contributed by atoms with Gasteiger partial charge in [0, 0.05) is 4.48 Å². The van der Waals surface area contributed by atoms with Crippen molar-refractivity contribution in [3.8, 4) is 0 Å². The Hall–Kier alpha value is -0.570. The molecule has 0 N–H and O–H groups in total. The first-order valence-corrected chi connectivity index (χ1v) is 3.90. The monoisotopic (exact) mass is 199 g/mol. The van der Waals surface area contributed by atoms with Gasteiger partial charge in [-0.15, -0.1) is 0 Å². The van der Waals surface area contributed by atoms with Gasteiger partial charge in [-0.1, -0.05) is 27.2 Å². The number of rotatable bonds is 0. The van der Waals surface area contributed by atoms with Crippen molar-refractivity contribution in [1.29, 1.82) is 0 Å². The minimum Gasteiger partial charge on any atom is -0.388 e. The van der Waals surface area contributed by atoms with Gasteiger partial charge in [0.2, 0.25) is 0 Å². The summed E-state index contributed by atoms with van der Waals surface area (Å²) in [5.74, 6) is 0.333. The molecule has 2 atom stereocenters. The molecule has 2 rings (SSSR count). The van der Waals surface area contributed by atoms with E-state index in [-0.39, 0.29) is 6.10 Å². The average molecular weight is 200 g/mol. The molecule has 3 heteroatoms. The lowest BCUT2D eigenvalue weighted by atomic mass is 10.0. The highest BCUT2D eigenvalue weighted by molar-refractivity contribution is 9.11. The second-order valence-corrected chi connectivity index (χ2v) is 3.23. The van der Waals surface area contributed by atoms with Gasteiger partial charge in [-0.05, 0) is 12.2 Å². The molecule has 1 aliphatic heterocycles. The third-order valence-electron chi connectivity index (χ3n) is 1.59. The quantitative estimate of drug-likeness (QED) is 0.584. The summed E-state index contributed by atoms with van der Waals surface area (Å²) >= 11 is 3.38. The van der Waals surface area contributed by atoms with E-state index in [1.165, 1.54) is 0 Å². The zero-order valence-electron chi connectivity index (χ0n) is 5.20. The van der Waals surface area contributed by atoms with E-state index in [9.17, 15) is 0 Å². The molecule has 0 spiro atoms. The number of hydrogen-bond acceptors (Lipinski definition) is 2. The summed E-state index contributed by atoms with van der Waals surface area (Å²) in [6.07, 6.45) is 8.02. The molecule has 0 amide bonds. The summed E-state index contributed by atoms with van der Waals surface area (Å²) in [7, 11) is 0. The van der Waals surface area contributed by atoms with Gasteiger partial charge in [0.05, 0.1) is 12.1 Å². The zero-order valence-corrected chi connectivity index (χ0v) is 6.78. The Morgan fingerprint density at radius 3 is 3.40 bits per heavy atom. The van der Waals surface area contributed by atoms with Crippen molar-refractivity contribution in [2.75, 3.05) is 0 Å². The number of fused-ring (bicyclic) bond motifs is 1. The van der Waals surface area contributed by atoms with E-state index in [1.54, 1.807) is 0 Å². The van der Waals surface area contributed by atoms with E-state index in [0.717, 1.165) is 4.48 Å². The van der Waals surface area contributed by atoms with Crippen LogP contribution in [0.4, 0.5) is 0 Å². The Kier molecular flexibility index (Phi) is 1.38. The number of allylic oxidation sites excluding steroid dienone is 2. The topological polar surface area (TPSA) is 21.6 Å². The molecule has 10 heavy (non-hydrogen) atoms. The fourth-order valence-electron chi connectivity index (χ4n) is 1.06. The Bertz CT molecular complexity index is 232. The van der Waals surface area contributed by atoms with Crippen LogP contribution in [0.5, 0.6) is 0 Å². The first-order valence-electron chi connectivity index (χ1n) is 3.11. The molecule has 0 bridgehead atoms. The van der Waals surface area contributed by atoms with Gasteiger partial charge in [0.1, 0.15) is 0 Å². The van der Waals surface area contributed by atoms with Crippen molar-refractivity contribution in [1.82, 2.24) is 0 Å². The molecular weight excluding hydrogens is 194 g/mol. The predicted molar refractivity (Wildman–Crippen MR) is 43.0 cm³/mol. The molecular formula is C7H6BrNO. The van der Waals surface area contributed by atoms with Crippen LogP contribution in [0, 0.1) is 5.92 Å². The van der Waals surface area contributed by atoms with Crippen LogP contribution in [0.15, 0.2) is 27.9 Å². The van der Waals surface area contributed by atoms with E-state index < -0.39 is 0 Å². The molecule has 1 heterocycles. The summed E-state index contributed by atoms with van der Waals surface area (Å²) < 4.78 is 1.10. The van der Waals surface area contributed by atoms with Crippen molar-refractivity contribution in [2.24, 2.45) is 11.1 Å². The molecule has 1 aliphatic carbocycles. The Morgan fingerprint density at radius 2 is 2.50 bits per heavy atom. The summed E-state index contributed by atoms with van der Waals surface area (Å²) in [5, 5.41) is 3.72. The molecule has 2 nitrogen and oxygen atoms in total. The third-order valence-corrected chi connectivity index (χ3v) is 2.12. The Balaban J connectivity index is 2.26. The van der Waals surface area contributed by atoms with Gasteiger partial charge in [0.25, 0.3) is 0 Å². The van der Waals surface area contributed by atoms with Crippen LogP contribution in [0.3, 0.4) is 0 Å². The lowest BCUT2D eigenvalue weighted by Gasteiger charge is -2.12. The minimum absolute atomic E-state index is 0.140. The first-order chi connectivity index (χ1) is 4.86. The average Bonchev–Trinajstić information content (AvgIpc) is 2.33. The predicted octanol–water partition coefficient (Wildman–Crippen LogP) is 1.84. The second kappa shape index (κ2) is 2.23. The SMILES string of the molecule is BrC1=CC2C=NOC2C=C1. The fraction of sp³-hybridized carbons (Fsp3) is 0.286. The molecule has 0 fully saturated rings. The van der Waals surface area contributed by atoms with Crippen LogP contribution < -0.4 is 0 Å². The van der Waals surface area contributed by atoms with Crippen LogP contribution in [0.2, 0.25) is 0 Å². The summed E-state index contributed by atoms with van der Waals surface area (Å²) in [6, 6.07) is 0. The lowest BCUT2D eigenvalue weighted by Crippen LogP contribution is -2.15. The van der Waals surface area contributed by atoms with E-state index >= 15 is 0 Å². The molecule has 0 saturated heterocycles. The highest BCUT2D eigenvalue weighted by atomic mass is 79.9. The number of oxime groups is 1. The standard InChI is InChI=1S/C7H6BrNO/c8-6-1-2-7-5(3-6)4-9-10-7/h1-5,7H. The van der Waals surface area contributed by atoms with E-state index in [1.807, 2.05) is 18.4 Å². The van der Waals surface area contributed by atoms with Gasteiger partial charge < -0.3 is 4.84 Å². The van der Waals surface area contributed by atoms with Gasteiger partial charge >= 0.3 is 0 Å². The zero-order chi connectivity index (χ0) is 6.97. The molecule has 2 aliphatic rings. The highest BCUT2D eigenvalue weighted by Crippen LogP contribution is 2.25.